The third-order valence-corrected chi connectivity index (χ3v) is 7.92. The Morgan fingerprint density at radius 3 is 2.53 bits per heavy atom. The molecule has 0 unspecified atom stereocenters. The highest BCUT2D eigenvalue weighted by molar-refractivity contribution is 7.88. The fourth-order valence-electron chi connectivity index (χ4n) is 3.78. The number of carbonyl (C=O) groups excluding carboxylic acids is 1. The van der Waals surface area contributed by atoms with Gasteiger partial charge in [0.05, 0.1) is 23.4 Å². The normalized spacial score (nSPS) is 16.2. The molecule has 0 saturated carbocycles. The molecule has 1 aliphatic rings. The number of rotatable bonds is 4. The van der Waals surface area contributed by atoms with Crippen molar-refractivity contribution in [1.82, 2.24) is 19.0 Å². The predicted octanol–water partition coefficient (Wildman–Crippen LogP) is 2.87. The van der Waals surface area contributed by atoms with Crippen molar-refractivity contribution in [2.24, 2.45) is 0 Å². The lowest BCUT2D eigenvalue weighted by Crippen LogP contribution is -2.36. The van der Waals surface area contributed by atoms with Crippen molar-refractivity contribution in [3.05, 3.63) is 52.0 Å². The summed E-state index contributed by atoms with van der Waals surface area (Å²) in [5.74, 6) is -0.0344. The van der Waals surface area contributed by atoms with Crippen LogP contribution in [0.4, 0.5) is 0 Å². The Morgan fingerprint density at radius 1 is 1.10 bits per heavy atom. The number of aryl methyl sites for hydroxylation is 2. The van der Waals surface area contributed by atoms with E-state index in [1.165, 1.54) is 33.0 Å². The first-order valence-corrected chi connectivity index (χ1v) is 12.7. The fraction of sp³-hybridized carbons (Fsp3) is 0.429. The maximum Gasteiger partial charge on any atom is 0.264 e. The van der Waals surface area contributed by atoms with Gasteiger partial charge in [0.15, 0.2) is 0 Å². The van der Waals surface area contributed by atoms with Crippen LogP contribution < -0.4 is 0 Å². The first-order chi connectivity index (χ1) is 14.2. The van der Waals surface area contributed by atoms with Gasteiger partial charge in [-0.1, -0.05) is 29.8 Å². The average Bonchev–Trinajstić information content (AvgIpc) is 3.13. The van der Waals surface area contributed by atoms with Crippen molar-refractivity contribution < 1.29 is 13.2 Å². The van der Waals surface area contributed by atoms with Gasteiger partial charge in [0, 0.05) is 31.6 Å². The van der Waals surface area contributed by atoms with Gasteiger partial charge in [-0.3, -0.25) is 9.48 Å². The number of hydrogen-bond donors (Lipinski definition) is 0. The van der Waals surface area contributed by atoms with Crippen LogP contribution in [0, 0.1) is 13.8 Å². The lowest BCUT2D eigenvalue weighted by Gasteiger charge is -2.20. The molecule has 0 spiro atoms. The molecular weight excluding hydrogens is 420 g/mol. The molecule has 3 heterocycles. The van der Waals surface area contributed by atoms with E-state index < -0.39 is 10.0 Å². The maximum atomic E-state index is 13.1. The predicted molar refractivity (Wildman–Crippen MR) is 120 cm³/mol. The SMILES string of the molecule is Cc1ccc(Cn2nc(C)c3cc(C(=O)N4CCCN(S(C)(=O)=O)CC4)sc32)cc1. The van der Waals surface area contributed by atoms with Gasteiger partial charge in [0.1, 0.15) is 4.83 Å². The minimum absolute atomic E-state index is 0.0344. The summed E-state index contributed by atoms with van der Waals surface area (Å²) in [6.45, 7) is 6.46. The Bertz CT molecular complexity index is 1180. The third kappa shape index (κ3) is 4.28. The molecule has 1 fully saturated rings. The van der Waals surface area contributed by atoms with Gasteiger partial charge in [-0.15, -0.1) is 11.3 Å². The van der Waals surface area contributed by atoms with Crippen molar-refractivity contribution in [1.29, 1.82) is 0 Å². The molecule has 1 aliphatic heterocycles. The molecule has 7 nitrogen and oxygen atoms in total. The van der Waals surface area contributed by atoms with Crippen molar-refractivity contribution in [2.45, 2.75) is 26.8 Å². The van der Waals surface area contributed by atoms with E-state index >= 15 is 0 Å². The molecule has 30 heavy (non-hydrogen) atoms. The van der Waals surface area contributed by atoms with E-state index in [1.54, 1.807) is 4.90 Å². The Labute approximate surface area is 181 Å². The molecule has 1 saturated heterocycles. The summed E-state index contributed by atoms with van der Waals surface area (Å²) in [5, 5.41) is 5.66. The standard InChI is InChI=1S/C21H26N4O3S2/c1-15-5-7-17(8-6-15)14-25-21-18(16(2)22-25)13-19(29-21)20(26)23-9-4-10-24(12-11-23)30(3,27)28/h5-8,13H,4,9-12,14H2,1-3H3. The molecule has 0 aliphatic carbocycles. The zero-order valence-electron chi connectivity index (χ0n) is 17.5. The van der Waals surface area contributed by atoms with Crippen LogP contribution in [-0.2, 0) is 16.6 Å². The summed E-state index contributed by atoms with van der Waals surface area (Å²) in [7, 11) is -3.23. The second kappa shape index (κ2) is 8.13. The summed E-state index contributed by atoms with van der Waals surface area (Å²) in [6.07, 6.45) is 1.86. The number of hydrogen-bond acceptors (Lipinski definition) is 5. The summed E-state index contributed by atoms with van der Waals surface area (Å²) in [4.78, 5) is 16.6. The molecular formula is C21H26N4O3S2. The molecule has 0 N–H and O–H groups in total. The van der Waals surface area contributed by atoms with E-state index in [9.17, 15) is 13.2 Å². The average molecular weight is 447 g/mol. The van der Waals surface area contributed by atoms with E-state index in [2.05, 4.69) is 36.3 Å². The number of amides is 1. The minimum Gasteiger partial charge on any atom is -0.337 e. The van der Waals surface area contributed by atoms with Gasteiger partial charge < -0.3 is 4.90 Å². The second-order valence-electron chi connectivity index (χ2n) is 7.87. The van der Waals surface area contributed by atoms with Gasteiger partial charge in [-0.2, -0.15) is 5.10 Å². The first kappa shape index (κ1) is 21.0. The zero-order valence-corrected chi connectivity index (χ0v) is 19.1. The highest BCUT2D eigenvalue weighted by Crippen LogP contribution is 2.30. The molecule has 2 aromatic heterocycles. The van der Waals surface area contributed by atoms with Gasteiger partial charge in [-0.25, -0.2) is 12.7 Å². The summed E-state index contributed by atoms with van der Waals surface area (Å²) < 4.78 is 27.1. The number of fused-ring (bicyclic) bond motifs is 1. The second-order valence-corrected chi connectivity index (χ2v) is 10.9. The fourth-order valence-corrected chi connectivity index (χ4v) is 5.78. The Kier molecular flexibility index (Phi) is 5.69. The third-order valence-electron chi connectivity index (χ3n) is 5.48. The Morgan fingerprint density at radius 2 is 1.83 bits per heavy atom. The van der Waals surface area contributed by atoms with E-state index in [0.29, 0.717) is 44.0 Å². The van der Waals surface area contributed by atoms with Crippen molar-refractivity contribution in [3.8, 4) is 0 Å². The number of aromatic nitrogens is 2. The van der Waals surface area contributed by atoms with Gasteiger partial charge in [0.25, 0.3) is 5.91 Å². The van der Waals surface area contributed by atoms with Crippen LogP contribution in [0.15, 0.2) is 30.3 Å². The van der Waals surface area contributed by atoms with Crippen LogP contribution in [0.1, 0.15) is 32.9 Å². The number of benzene rings is 1. The zero-order chi connectivity index (χ0) is 21.5. The van der Waals surface area contributed by atoms with Crippen LogP contribution in [0.2, 0.25) is 0 Å². The quantitative estimate of drug-likeness (QED) is 0.618. The van der Waals surface area contributed by atoms with E-state index in [4.69, 9.17) is 0 Å². The lowest BCUT2D eigenvalue weighted by molar-refractivity contribution is 0.0769. The molecule has 4 rings (SSSR count). The molecule has 0 bridgehead atoms. The summed E-state index contributed by atoms with van der Waals surface area (Å²) in [5.41, 5.74) is 3.29. The number of sulfonamides is 1. The smallest absolute Gasteiger partial charge is 0.264 e. The number of carbonyl (C=O) groups is 1. The van der Waals surface area contributed by atoms with Crippen LogP contribution in [-0.4, -0.2) is 65.7 Å². The van der Waals surface area contributed by atoms with E-state index in [1.807, 2.05) is 17.7 Å². The topological polar surface area (TPSA) is 75.5 Å². The highest BCUT2D eigenvalue weighted by Gasteiger charge is 2.26. The van der Waals surface area contributed by atoms with Gasteiger partial charge >= 0.3 is 0 Å². The molecule has 1 aromatic carbocycles. The van der Waals surface area contributed by atoms with Crippen molar-refractivity contribution >= 4 is 37.5 Å². The van der Waals surface area contributed by atoms with Crippen LogP contribution in [0.5, 0.6) is 0 Å². The van der Waals surface area contributed by atoms with Gasteiger partial charge in [0.2, 0.25) is 10.0 Å². The number of thiophene rings is 1. The summed E-state index contributed by atoms with van der Waals surface area (Å²) in [6, 6.07) is 10.3. The molecule has 1 amide bonds. The Hall–Kier alpha value is -2.23. The Balaban J connectivity index is 1.56. The van der Waals surface area contributed by atoms with E-state index in [-0.39, 0.29) is 5.91 Å². The van der Waals surface area contributed by atoms with Crippen molar-refractivity contribution in [2.75, 3.05) is 32.4 Å². The minimum atomic E-state index is -3.23. The maximum absolute atomic E-state index is 13.1. The molecule has 3 aromatic rings. The van der Waals surface area contributed by atoms with Crippen molar-refractivity contribution in [3.63, 3.8) is 0 Å². The number of nitrogens with zero attached hydrogens (tertiary/aromatic N) is 4. The molecule has 0 atom stereocenters. The van der Waals surface area contributed by atoms with Crippen LogP contribution in [0.3, 0.4) is 0 Å². The van der Waals surface area contributed by atoms with Gasteiger partial charge in [-0.05, 0) is 31.9 Å². The molecule has 0 radical (unpaired) electrons. The largest absolute Gasteiger partial charge is 0.337 e. The molecule has 160 valence electrons. The lowest BCUT2D eigenvalue weighted by atomic mass is 10.1. The first-order valence-electron chi connectivity index (χ1n) is 9.99. The van der Waals surface area contributed by atoms with Crippen LogP contribution in [0.25, 0.3) is 10.2 Å². The molecule has 9 heteroatoms. The van der Waals surface area contributed by atoms with E-state index in [0.717, 1.165) is 15.9 Å². The summed E-state index contributed by atoms with van der Waals surface area (Å²) >= 11 is 1.46. The highest BCUT2D eigenvalue weighted by atomic mass is 32.2. The van der Waals surface area contributed by atoms with Crippen LogP contribution >= 0.6 is 11.3 Å². The monoisotopic (exact) mass is 446 g/mol.